The van der Waals surface area contributed by atoms with Crippen molar-refractivity contribution in [3.05, 3.63) is 18.2 Å². The highest BCUT2D eigenvalue weighted by Crippen LogP contribution is 2.06. The first-order valence-corrected chi connectivity index (χ1v) is 9.08. The van der Waals surface area contributed by atoms with E-state index in [9.17, 15) is 24.3 Å². The summed E-state index contributed by atoms with van der Waals surface area (Å²) in [6, 6.07) is -3.37. The van der Waals surface area contributed by atoms with Gasteiger partial charge in [-0.1, -0.05) is 13.8 Å². The Hall–Kier alpha value is -2.99. The number of aromatic nitrogens is 2. The van der Waals surface area contributed by atoms with E-state index < -0.39 is 55.0 Å². The summed E-state index contributed by atoms with van der Waals surface area (Å²) in [7, 11) is 0. The fourth-order valence-corrected chi connectivity index (χ4v) is 2.42. The number of amides is 3. The molecule has 1 aromatic heterocycles. The molecular formula is C17H28N6O6. The topological polar surface area (TPSA) is 200 Å². The number of nitrogens with one attached hydrogen (secondary N) is 4. The summed E-state index contributed by atoms with van der Waals surface area (Å²) >= 11 is 0. The summed E-state index contributed by atoms with van der Waals surface area (Å²) in [5.74, 6) is -3.23. The monoisotopic (exact) mass is 412 g/mol. The number of nitrogens with two attached hydrogens (primary N) is 1. The zero-order valence-corrected chi connectivity index (χ0v) is 16.3. The summed E-state index contributed by atoms with van der Waals surface area (Å²) in [4.78, 5) is 54.4. The predicted octanol–water partition coefficient (Wildman–Crippen LogP) is -2.51. The number of aliphatic hydroxyl groups excluding tert-OH is 1. The number of H-pyrrole nitrogens is 1. The number of hydrogen-bond acceptors (Lipinski definition) is 7. The highest BCUT2D eigenvalue weighted by molar-refractivity contribution is 5.92. The summed E-state index contributed by atoms with van der Waals surface area (Å²) < 4.78 is 0. The third-order valence-electron chi connectivity index (χ3n) is 3.91. The van der Waals surface area contributed by atoms with Crippen LogP contribution in [-0.4, -0.2) is 75.1 Å². The molecular weight excluding hydrogens is 384 g/mol. The molecule has 0 aliphatic carbocycles. The van der Waals surface area contributed by atoms with Crippen LogP contribution in [0.1, 0.15) is 26.0 Å². The van der Waals surface area contributed by atoms with Gasteiger partial charge in [-0.15, -0.1) is 0 Å². The molecule has 0 radical (unpaired) electrons. The Kier molecular flexibility index (Phi) is 9.75. The molecule has 162 valence electrons. The van der Waals surface area contributed by atoms with Crippen molar-refractivity contribution in [2.75, 3.05) is 13.2 Å². The van der Waals surface area contributed by atoms with Crippen molar-refractivity contribution in [1.29, 1.82) is 0 Å². The molecule has 0 spiro atoms. The molecule has 0 fully saturated rings. The van der Waals surface area contributed by atoms with E-state index >= 15 is 0 Å². The molecule has 1 heterocycles. The summed E-state index contributed by atoms with van der Waals surface area (Å²) in [5.41, 5.74) is 5.89. The minimum Gasteiger partial charge on any atom is -0.480 e. The molecule has 0 aliphatic heterocycles. The van der Waals surface area contributed by atoms with Gasteiger partial charge in [0.15, 0.2) is 0 Å². The first-order valence-electron chi connectivity index (χ1n) is 9.08. The molecule has 3 amide bonds. The summed E-state index contributed by atoms with van der Waals surface area (Å²) in [6.07, 6.45) is 3.13. The molecule has 0 saturated heterocycles. The van der Waals surface area contributed by atoms with Gasteiger partial charge in [-0.3, -0.25) is 14.4 Å². The Morgan fingerprint density at radius 1 is 1.17 bits per heavy atom. The lowest BCUT2D eigenvalue weighted by Crippen LogP contribution is -2.54. The van der Waals surface area contributed by atoms with Crippen LogP contribution in [0.15, 0.2) is 12.5 Å². The zero-order valence-electron chi connectivity index (χ0n) is 16.3. The van der Waals surface area contributed by atoms with Crippen molar-refractivity contribution in [2.24, 2.45) is 11.7 Å². The van der Waals surface area contributed by atoms with E-state index in [0.29, 0.717) is 5.69 Å². The number of aromatic amines is 1. The van der Waals surface area contributed by atoms with Crippen molar-refractivity contribution in [3.63, 3.8) is 0 Å². The molecule has 3 atom stereocenters. The van der Waals surface area contributed by atoms with Crippen LogP contribution in [0, 0.1) is 5.92 Å². The molecule has 12 heteroatoms. The average molecular weight is 412 g/mol. The Morgan fingerprint density at radius 3 is 2.38 bits per heavy atom. The lowest BCUT2D eigenvalue weighted by molar-refractivity contribution is -0.142. The number of carbonyl (C=O) groups is 4. The number of carboxylic acids is 1. The van der Waals surface area contributed by atoms with Crippen LogP contribution < -0.4 is 21.7 Å². The minimum atomic E-state index is -1.18. The molecule has 0 aliphatic rings. The average Bonchev–Trinajstić information content (AvgIpc) is 3.16. The van der Waals surface area contributed by atoms with Crippen molar-refractivity contribution >= 4 is 23.7 Å². The van der Waals surface area contributed by atoms with Gasteiger partial charge < -0.3 is 36.9 Å². The van der Waals surface area contributed by atoms with E-state index in [-0.39, 0.29) is 18.8 Å². The quantitative estimate of drug-likeness (QED) is 0.195. The Bertz CT molecular complexity index is 693. The van der Waals surface area contributed by atoms with Crippen LogP contribution in [0.25, 0.3) is 0 Å². The van der Waals surface area contributed by atoms with Crippen LogP contribution in [0.4, 0.5) is 0 Å². The molecule has 12 nitrogen and oxygen atoms in total. The molecule has 3 unspecified atom stereocenters. The van der Waals surface area contributed by atoms with Gasteiger partial charge in [0, 0.05) is 18.3 Å². The molecule has 0 aromatic carbocycles. The molecule has 0 saturated carbocycles. The van der Waals surface area contributed by atoms with Gasteiger partial charge in [-0.2, -0.15) is 0 Å². The fraction of sp³-hybridized carbons (Fsp3) is 0.588. The van der Waals surface area contributed by atoms with Gasteiger partial charge in [0.25, 0.3) is 0 Å². The fourth-order valence-electron chi connectivity index (χ4n) is 2.42. The highest BCUT2D eigenvalue weighted by atomic mass is 16.4. The van der Waals surface area contributed by atoms with Gasteiger partial charge in [-0.05, 0) is 12.3 Å². The van der Waals surface area contributed by atoms with Crippen molar-refractivity contribution < 1.29 is 29.4 Å². The predicted molar refractivity (Wildman–Crippen MR) is 101 cm³/mol. The third-order valence-corrected chi connectivity index (χ3v) is 3.91. The van der Waals surface area contributed by atoms with Gasteiger partial charge in [0.1, 0.15) is 18.1 Å². The first kappa shape index (κ1) is 24.0. The number of aliphatic hydroxyl groups is 1. The summed E-state index contributed by atoms with van der Waals surface area (Å²) in [5, 5.41) is 25.3. The standard InChI is InChI=1S/C17H28N6O6/c1-9(2)3-13(17(28)29)23-16(27)12(4-10-5-19-8-21-10)22-14(25)6-20-15(26)11(18)7-24/h5,8-9,11-13,24H,3-4,6-7,18H2,1-2H3,(H,19,21)(H,20,26)(H,22,25)(H,23,27)(H,28,29). The molecule has 1 aromatic rings. The lowest BCUT2D eigenvalue weighted by Gasteiger charge is -2.22. The molecule has 1 rings (SSSR count). The Morgan fingerprint density at radius 2 is 1.86 bits per heavy atom. The maximum absolute atomic E-state index is 12.6. The molecule has 29 heavy (non-hydrogen) atoms. The maximum Gasteiger partial charge on any atom is 0.326 e. The van der Waals surface area contributed by atoms with E-state index in [1.165, 1.54) is 12.5 Å². The zero-order chi connectivity index (χ0) is 22.0. The molecule has 8 N–H and O–H groups in total. The maximum atomic E-state index is 12.6. The van der Waals surface area contributed by atoms with E-state index in [1.54, 1.807) is 0 Å². The second-order valence-corrected chi connectivity index (χ2v) is 6.94. The first-order chi connectivity index (χ1) is 13.6. The van der Waals surface area contributed by atoms with E-state index in [1.807, 2.05) is 13.8 Å². The van der Waals surface area contributed by atoms with Crippen LogP contribution in [0.5, 0.6) is 0 Å². The number of aliphatic carboxylic acids is 1. The second kappa shape index (κ2) is 11.8. The number of nitrogens with zero attached hydrogens (tertiary/aromatic N) is 1. The van der Waals surface area contributed by atoms with Crippen molar-refractivity contribution in [2.45, 2.75) is 44.8 Å². The Balaban J connectivity index is 2.79. The van der Waals surface area contributed by atoms with Crippen LogP contribution >= 0.6 is 0 Å². The third kappa shape index (κ3) is 8.70. The summed E-state index contributed by atoms with van der Waals surface area (Å²) in [6.45, 7) is 2.61. The number of imidazole rings is 1. The SMILES string of the molecule is CC(C)CC(NC(=O)C(Cc1cnc[nH]1)NC(=O)CNC(=O)C(N)CO)C(=O)O. The number of rotatable bonds is 12. The van der Waals surface area contributed by atoms with Crippen molar-refractivity contribution in [3.8, 4) is 0 Å². The smallest absolute Gasteiger partial charge is 0.326 e. The van der Waals surface area contributed by atoms with Crippen molar-refractivity contribution in [1.82, 2.24) is 25.9 Å². The molecule has 0 bridgehead atoms. The Labute approximate surface area is 167 Å². The van der Waals surface area contributed by atoms with Gasteiger partial charge in [0.05, 0.1) is 19.5 Å². The minimum absolute atomic E-state index is 0.0306. The second-order valence-electron chi connectivity index (χ2n) is 6.94. The number of carbonyl (C=O) groups excluding carboxylic acids is 3. The number of carboxylic acid groups (broad SMARTS) is 1. The number of hydrogen-bond donors (Lipinski definition) is 7. The lowest BCUT2D eigenvalue weighted by atomic mass is 10.0. The van der Waals surface area contributed by atoms with E-state index in [4.69, 9.17) is 10.8 Å². The van der Waals surface area contributed by atoms with E-state index in [0.717, 1.165) is 0 Å². The highest BCUT2D eigenvalue weighted by Gasteiger charge is 2.27. The van der Waals surface area contributed by atoms with Crippen LogP contribution in [0.2, 0.25) is 0 Å². The van der Waals surface area contributed by atoms with Gasteiger partial charge >= 0.3 is 5.97 Å². The normalized spacial score (nSPS) is 14.0. The van der Waals surface area contributed by atoms with Gasteiger partial charge in [-0.25, -0.2) is 9.78 Å². The van der Waals surface area contributed by atoms with Crippen LogP contribution in [0.3, 0.4) is 0 Å². The van der Waals surface area contributed by atoms with Gasteiger partial charge in [0.2, 0.25) is 17.7 Å². The van der Waals surface area contributed by atoms with E-state index in [2.05, 4.69) is 25.9 Å². The largest absolute Gasteiger partial charge is 0.480 e. The van der Waals surface area contributed by atoms with Crippen LogP contribution in [-0.2, 0) is 25.6 Å².